The molecule has 0 spiro atoms. The first kappa shape index (κ1) is 13.0. The van der Waals surface area contributed by atoms with Crippen molar-refractivity contribution in [1.29, 1.82) is 0 Å². The lowest BCUT2D eigenvalue weighted by molar-refractivity contribution is 0.375. The topological polar surface area (TPSA) is 12.0 Å². The first-order valence-corrected chi connectivity index (χ1v) is 6.11. The third-order valence-electron chi connectivity index (χ3n) is 2.68. The fourth-order valence-electron chi connectivity index (χ4n) is 1.81. The molecule has 0 unspecified atom stereocenters. The van der Waals surface area contributed by atoms with Crippen LogP contribution in [-0.4, -0.2) is 12.1 Å². The Balaban J connectivity index is 2.33. The Morgan fingerprint density at radius 2 is 1.88 bits per heavy atom. The molecule has 1 rings (SSSR count). The molecule has 0 fully saturated rings. The Morgan fingerprint density at radius 1 is 1.19 bits per heavy atom. The summed E-state index contributed by atoms with van der Waals surface area (Å²) < 4.78 is 0. The minimum absolute atomic E-state index is 0.246. The number of hydrogen-bond donors (Lipinski definition) is 1. The average Bonchev–Trinajstić information content (AvgIpc) is 2.26. The van der Waals surface area contributed by atoms with Crippen LogP contribution in [0.5, 0.6) is 0 Å². The SMILES string of the molecule is CCCC(C)(C)NC/C=C/c1ccccc1. The third kappa shape index (κ3) is 5.13. The Hall–Kier alpha value is -1.08. The van der Waals surface area contributed by atoms with E-state index in [2.05, 4.69) is 62.5 Å². The Kier molecular flexibility index (Phi) is 5.27. The quantitative estimate of drug-likeness (QED) is 0.762. The van der Waals surface area contributed by atoms with E-state index in [0.29, 0.717) is 0 Å². The summed E-state index contributed by atoms with van der Waals surface area (Å²) in [6.45, 7) is 7.67. The molecule has 0 aliphatic heterocycles. The monoisotopic (exact) mass is 217 g/mol. The van der Waals surface area contributed by atoms with Gasteiger partial charge < -0.3 is 5.32 Å². The van der Waals surface area contributed by atoms with Crippen molar-refractivity contribution in [2.45, 2.75) is 39.2 Å². The Morgan fingerprint density at radius 3 is 2.50 bits per heavy atom. The second-order valence-electron chi connectivity index (χ2n) is 4.83. The average molecular weight is 217 g/mol. The van der Waals surface area contributed by atoms with Crippen molar-refractivity contribution in [1.82, 2.24) is 5.32 Å². The first-order chi connectivity index (χ1) is 7.64. The van der Waals surface area contributed by atoms with E-state index in [4.69, 9.17) is 0 Å². The second-order valence-corrected chi connectivity index (χ2v) is 4.83. The van der Waals surface area contributed by atoms with Crippen molar-refractivity contribution < 1.29 is 0 Å². The van der Waals surface area contributed by atoms with E-state index in [1.54, 1.807) is 0 Å². The van der Waals surface area contributed by atoms with Gasteiger partial charge in [-0.25, -0.2) is 0 Å². The summed E-state index contributed by atoms with van der Waals surface area (Å²) in [5.74, 6) is 0. The molecule has 0 amide bonds. The van der Waals surface area contributed by atoms with Gasteiger partial charge in [-0.3, -0.25) is 0 Å². The van der Waals surface area contributed by atoms with Crippen molar-refractivity contribution >= 4 is 6.08 Å². The molecule has 1 nitrogen and oxygen atoms in total. The lowest BCUT2D eigenvalue weighted by Gasteiger charge is -2.24. The third-order valence-corrected chi connectivity index (χ3v) is 2.68. The number of rotatable bonds is 6. The lowest BCUT2D eigenvalue weighted by atomic mass is 9.99. The molecule has 1 aromatic rings. The van der Waals surface area contributed by atoms with Crippen LogP contribution in [0.2, 0.25) is 0 Å². The molecule has 0 aliphatic carbocycles. The second kappa shape index (κ2) is 6.49. The Bertz CT molecular complexity index is 311. The highest BCUT2D eigenvalue weighted by molar-refractivity contribution is 5.48. The summed E-state index contributed by atoms with van der Waals surface area (Å²) in [5, 5.41) is 3.54. The van der Waals surface area contributed by atoms with Gasteiger partial charge in [-0.2, -0.15) is 0 Å². The minimum atomic E-state index is 0.246. The van der Waals surface area contributed by atoms with Crippen LogP contribution < -0.4 is 5.32 Å². The van der Waals surface area contributed by atoms with Crippen LogP contribution in [0.25, 0.3) is 6.08 Å². The molecule has 0 aliphatic rings. The summed E-state index contributed by atoms with van der Waals surface area (Å²) in [6, 6.07) is 10.4. The van der Waals surface area contributed by atoms with E-state index in [0.717, 1.165) is 6.54 Å². The van der Waals surface area contributed by atoms with Gasteiger partial charge in [0.25, 0.3) is 0 Å². The van der Waals surface area contributed by atoms with Gasteiger partial charge in [0.05, 0.1) is 0 Å². The summed E-state index contributed by atoms with van der Waals surface area (Å²) >= 11 is 0. The molecule has 1 aromatic carbocycles. The predicted octanol–water partition coefficient (Wildman–Crippen LogP) is 3.87. The van der Waals surface area contributed by atoms with Gasteiger partial charge in [0.1, 0.15) is 0 Å². The van der Waals surface area contributed by atoms with Gasteiger partial charge in [-0.05, 0) is 25.8 Å². The van der Waals surface area contributed by atoms with Crippen molar-refractivity contribution in [2.75, 3.05) is 6.54 Å². The van der Waals surface area contributed by atoms with Gasteiger partial charge in [0, 0.05) is 12.1 Å². The maximum Gasteiger partial charge on any atom is 0.0143 e. The number of benzene rings is 1. The van der Waals surface area contributed by atoms with Crippen LogP contribution in [0.4, 0.5) is 0 Å². The number of nitrogens with one attached hydrogen (secondary N) is 1. The molecule has 0 aromatic heterocycles. The molecule has 0 radical (unpaired) electrons. The molecular weight excluding hydrogens is 194 g/mol. The van der Waals surface area contributed by atoms with E-state index in [1.165, 1.54) is 18.4 Å². The van der Waals surface area contributed by atoms with Crippen LogP contribution >= 0.6 is 0 Å². The predicted molar refractivity (Wildman–Crippen MR) is 72.5 cm³/mol. The first-order valence-electron chi connectivity index (χ1n) is 6.11. The normalized spacial score (nSPS) is 12.2. The fourth-order valence-corrected chi connectivity index (χ4v) is 1.81. The van der Waals surface area contributed by atoms with Crippen LogP contribution in [0.1, 0.15) is 39.2 Å². The van der Waals surface area contributed by atoms with Crippen LogP contribution in [0.3, 0.4) is 0 Å². The molecule has 0 saturated carbocycles. The maximum absolute atomic E-state index is 3.54. The van der Waals surface area contributed by atoms with Gasteiger partial charge in [0.2, 0.25) is 0 Å². The Labute approximate surface area is 99.6 Å². The zero-order valence-electron chi connectivity index (χ0n) is 10.7. The van der Waals surface area contributed by atoms with E-state index in [-0.39, 0.29) is 5.54 Å². The molecule has 88 valence electrons. The maximum atomic E-state index is 3.54. The van der Waals surface area contributed by atoms with Gasteiger partial charge >= 0.3 is 0 Å². The molecule has 0 atom stereocenters. The molecule has 0 heterocycles. The largest absolute Gasteiger partial charge is 0.308 e. The summed E-state index contributed by atoms with van der Waals surface area (Å²) in [6.07, 6.45) is 6.79. The molecular formula is C15H23N. The molecule has 16 heavy (non-hydrogen) atoms. The summed E-state index contributed by atoms with van der Waals surface area (Å²) in [5.41, 5.74) is 1.51. The standard InChI is InChI=1S/C15H23N/c1-4-12-15(2,3)16-13-8-11-14-9-6-5-7-10-14/h5-11,16H,4,12-13H2,1-3H3/b11-8+. The van der Waals surface area contributed by atoms with Crippen molar-refractivity contribution in [3.8, 4) is 0 Å². The van der Waals surface area contributed by atoms with E-state index < -0.39 is 0 Å². The van der Waals surface area contributed by atoms with Crippen LogP contribution in [0.15, 0.2) is 36.4 Å². The minimum Gasteiger partial charge on any atom is -0.308 e. The fraction of sp³-hybridized carbons (Fsp3) is 0.467. The van der Waals surface area contributed by atoms with Crippen LogP contribution in [-0.2, 0) is 0 Å². The van der Waals surface area contributed by atoms with E-state index in [9.17, 15) is 0 Å². The van der Waals surface area contributed by atoms with Crippen LogP contribution in [0, 0.1) is 0 Å². The zero-order chi connectivity index (χ0) is 11.9. The summed E-state index contributed by atoms with van der Waals surface area (Å²) in [4.78, 5) is 0. The highest BCUT2D eigenvalue weighted by atomic mass is 14.9. The van der Waals surface area contributed by atoms with E-state index in [1.807, 2.05) is 6.07 Å². The summed E-state index contributed by atoms with van der Waals surface area (Å²) in [7, 11) is 0. The van der Waals surface area contributed by atoms with Crippen molar-refractivity contribution in [3.63, 3.8) is 0 Å². The van der Waals surface area contributed by atoms with Crippen molar-refractivity contribution in [2.24, 2.45) is 0 Å². The molecule has 1 N–H and O–H groups in total. The number of hydrogen-bond acceptors (Lipinski definition) is 1. The van der Waals surface area contributed by atoms with Gasteiger partial charge in [-0.1, -0.05) is 55.8 Å². The van der Waals surface area contributed by atoms with Gasteiger partial charge in [-0.15, -0.1) is 0 Å². The zero-order valence-corrected chi connectivity index (χ0v) is 10.7. The van der Waals surface area contributed by atoms with Crippen molar-refractivity contribution in [3.05, 3.63) is 42.0 Å². The smallest absolute Gasteiger partial charge is 0.0143 e. The van der Waals surface area contributed by atoms with Gasteiger partial charge in [0.15, 0.2) is 0 Å². The molecule has 0 bridgehead atoms. The highest BCUT2D eigenvalue weighted by Gasteiger charge is 2.13. The van der Waals surface area contributed by atoms with E-state index >= 15 is 0 Å². The lowest BCUT2D eigenvalue weighted by Crippen LogP contribution is -2.38. The molecule has 0 saturated heterocycles. The molecule has 1 heteroatoms. The highest BCUT2D eigenvalue weighted by Crippen LogP contribution is 2.10.